The number of amides is 4. The second-order valence-corrected chi connectivity index (χ2v) is 6.00. The number of halogens is 1. The number of benzene rings is 1. The maximum absolute atomic E-state index is 12.1. The maximum Gasteiger partial charge on any atom is 0.328 e. The highest BCUT2D eigenvalue weighted by Gasteiger charge is 2.20. The number of carbonyl (C=O) groups is 4. The van der Waals surface area contributed by atoms with Crippen molar-refractivity contribution in [1.82, 2.24) is 16.0 Å². The van der Waals surface area contributed by atoms with Crippen LogP contribution in [0.1, 0.15) is 23.0 Å². The molecule has 28 heavy (non-hydrogen) atoms. The van der Waals surface area contributed by atoms with Gasteiger partial charge in [0.2, 0.25) is 0 Å². The fourth-order valence-corrected chi connectivity index (χ4v) is 2.25. The van der Waals surface area contributed by atoms with Crippen molar-refractivity contribution < 1.29 is 28.3 Å². The molecule has 0 fully saturated rings. The zero-order valence-electron chi connectivity index (χ0n) is 14.9. The third-order valence-electron chi connectivity index (χ3n) is 3.42. The SMILES string of the molecule is CC(NC(=O)c1ccccc1Cl)C(=O)OCC(=O)NC(=O)NCc1ccco1. The van der Waals surface area contributed by atoms with Crippen molar-refractivity contribution in [2.24, 2.45) is 0 Å². The first-order valence-corrected chi connectivity index (χ1v) is 8.56. The zero-order valence-corrected chi connectivity index (χ0v) is 15.6. The predicted molar refractivity (Wildman–Crippen MR) is 98.4 cm³/mol. The van der Waals surface area contributed by atoms with Crippen LogP contribution in [-0.2, 0) is 20.9 Å². The van der Waals surface area contributed by atoms with Crippen LogP contribution in [0.15, 0.2) is 47.1 Å². The highest BCUT2D eigenvalue weighted by atomic mass is 35.5. The largest absolute Gasteiger partial charge is 0.467 e. The van der Waals surface area contributed by atoms with Crippen LogP contribution in [0.4, 0.5) is 4.79 Å². The molecule has 4 amide bonds. The van der Waals surface area contributed by atoms with Crippen molar-refractivity contribution in [3.05, 3.63) is 59.0 Å². The number of rotatable bonds is 7. The third-order valence-corrected chi connectivity index (χ3v) is 3.75. The van der Waals surface area contributed by atoms with Crippen LogP contribution < -0.4 is 16.0 Å². The lowest BCUT2D eigenvalue weighted by atomic mass is 10.2. The summed E-state index contributed by atoms with van der Waals surface area (Å²) in [5.74, 6) is -1.71. The molecule has 3 N–H and O–H groups in total. The first-order chi connectivity index (χ1) is 13.4. The molecule has 2 aromatic rings. The molecule has 0 aliphatic heterocycles. The second kappa shape index (κ2) is 10.1. The summed E-state index contributed by atoms with van der Waals surface area (Å²) in [4.78, 5) is 47.2. The summed E-state index contributed by atoms with van der Waals surface area (Å²) in [6, 6.07) is 7.87. The molecule has 10 heteroatoms. The van der Waals surface area contributed by atoms with E-state index < -0.39 is 36.5 Å². The van der Waals surface area contributed by atoms with Crippen molar-refractivity contribution in [3.63, 3.8) is 0 Å². The lowest BCUT2D eigenvalue weighted by molar-refractivity contribution is -0.149. The molecule has 0 saturated heterocycles. The quantitative estimate of drug-likeness (QED) is 0.598. The van der Waals surface area contributed by atoms with Gasteiger partial charge in [-0.3, -0.25) is 14.9 Å². The highest BCUT2D eigenvalue weighted by Crippen LogP contribution is 2.14. The Labute approximate surface area is 165 Å². The average molecular weight is 408 g/mol. The van der Waals surface area contributed by atoms with Gasteiger partial charge in [-0.1, -0.05) is 23.7 Å². The number of hydrogen-bond acceptors (Lipinski definition) is 6. The van der Waals surface area contributed by atoms with Gasteiger partial charge >= 0.3 is 12.0 Å². The van der Waals surface area contributed by atoms with E-state index in [0.29, 0.717) is 5.76 Å². The van der Waals surface area contributed by atoms with Crippen LogP contribution in [0.3, 0.4) is 0 Å². The molecule has 148 valence electrons. The van der Waals surface area contributed by atoms with Crippen molar-refractivity contribution in [3.8, 4) is 0 Å². The Bertz CT molecular complexity index is 853. The van der Waals surface area contributed by atoms with Gasteiger partial charge in [0.25, 0.3) is 11.8 Å². The van der Waals surface area contributed by atoms with E-state index in [1.165, 1.54) is 19.3 Å². The van der Waals surface area contributed by atoms with E-state index in [1.54, 1.807) is 30.3 Å². The van der Waals surface area contributed by atoms with E-state index in [4.69, 9.17) is 20.8 Å². The van der Waals surface area contributed by atoms with Crippen LogP contribution in [0.5, 0.6) is 0 Å². The molecule has 0 saturated carbocycles. The number of hydrogen-bond donors (Lipinski definition) is 3. The molecule has 2 rings (SSSR count). The smallest absolute Gasteiger partial charge is 0.328 e. The molecule has 1 atom stereocenters. The van der Waals surface area contributed by atoms with Crippen molar-refractivity contribution in [2.75, 3.05) is 6.61 Å². The molecular weight excluding hydrogens is 390 g/mol. The van der Waals surface area contributed by atoms with Gasteiger partial charge in [0.15, 0.2) is 6.61 Å². The lowest BCUT2D eigenvalue weighted by Gasteiger charge is -2.14. The third kappa shape index (κ3) is 6.44. The number of carbonyl (C=O) groups excluding carboxylic acids is 4. The number of esters is 1. The molecular formula is C18H18ClN3O6. The Morgan fingerprint density at radius 1 is 1.14 bits per heavy atom. The molecule has 1 aromatic heterocycles. The fourth-order valence-electron chi connectivity index (χ4n) is 2.03. The normalized spacial score (nSPS) is 11.2. The minimum absolute atomic E-state index is 0.0943. The predicted octanol–water partition coefficient (Wildman–Crippen LogP) is 1.62. The van der Waals surface area contributed by atoms with E-state index in [-0.39, 0.29) is 17.1 Å². The van der Waals surface area contributed by atoms with E-state index in [2.05, 4.69) is 10.6 Å². The summed E-state index contributed by atoms with van der Waals surface area (Å²) in [7, 11) is 0. The molecule has 1 aromatic carbocycles. The van der Waals surface area contributed by atoms with Crippen LogP contribution in [-0.4, -0.2) is 36.5 Å². The Kier molecular flexibility index (Phi) is 7.58. The molecule has 0 aliphatic rings. The minimum Gasteiger partial charge on any atom is -0.467 e. The number of imide groups is 1. The van der Waals surface area contributed by atoms with Crippen molar-refractivity contribution in [2.45, 2.75) is 19.5 Å². The number of furan rings is 1. The van der Waals surface area contributed by atoms with Crippen molar-refractivity contribution in [1.29, 1.82) is 0 Å². The summed E-state index contributed by atoms with van der Waals surface area (Å²) in [5.41, 5.74) is 0.204. The zero-order chi connectivity index (χ0) is 20.5. The van der Waals surface area contributed by atoms with Gasteiger partial charge in [-0.05, 0) is 31.2 Å². The van der Waals surface area contributed by atoms with Gasteiger partial charge in [0.05, 0.1) is 23.4 Å². The lowest BCUT2D eigenvalue weighted by Crippen LogP contribution is -2.43. The Hall–Kier alpha value is -3.33. The Morgan fingerprint density at radius 3 is 2.57 bits per heavy atom. The summed E-state index contributed by atoms with van der Waals surface area (Å²) >= 11 is 5.92. The summed E-state index contributed by atoms with van der Waals surface area (Å²) in [6.45, 7) is 0.807. The van der Waals surface area contributed by atoms with Gasteiger partial charge in [-0.25, -0.2) is 9.59 Å². The van der Waals surface area contributed by atoms with Crippen LogP contribution >= 0.6 is 11.6 Å². The van der Waals surface area contributed by atoms with E-state index in [1.807, 2.05) is 5.32 Å². The molecule has 1 unspecified atom stereocenters. The van der Waals surface area contributed by atoms with E-state index >= 15 is 0 Å². The van der Waals surface area contributed by atoms with Crippen molar-refractivity contribution >= 4 is 35.4 Å². The van der Waals surface area contributed by atoms with Gasteiger partial charge in [-0.15, -0.1) is 0 Å². The maximum atomic E-state index is 12.1. The number of urea groups is 1. The number of ether oxygens (including phenoxy) is 1. The first kappa shape index (κ1) is 21.0. The standard InChI is InChI=1S/C18H18ClN3O6/c1-11(21-16(24)13-6-2-3-7-14(13)19)17(25)28-10-15(23)22-18(26)20-9-12-5-4-8-27-12/h2-8,11H,9-10H2,1H3,(H,21,24)(H2,20,22,23,26). The molecule has 0 bridgehead atoms. The van der Waals surface area contributed by atoms with Gasteiger partial charge in [-0.2, -0.15) is 0 Å². The fraction of sp³-hybridized carbons (Fsp3) is 0.222. The van der Waals surface area contributed by atoms with Crippen LogP contribution in [0.25, 0.3) is 0 Å². The van der Waals surface area contributed by atoms with Gasteiger partial charge in [0, 0.05) is 0 Å². The Morgan fingerprint density at radius 2 is 1.89 bits per heavy atom. The summed E-state index contributed by atoms with van der Waals surface area (Å²) in [5, 5.41) is 7.05. The van der Waals surface area contributed by atoms with E-state index in [0.717, 1.165) is 0 Å². The summed E-state index contributed by atoms with van der Waals surface area (Å²) in [6.07, 6.45) is 1.45. The van der Waals surface area contributed by atoms with E-state index in [9.17, 15) is 19.2 Å². The highest BCUT2D eigenvalue weighted by molar-refractivity contribution is 6.33. The van der Waals surface area contributed by atoms with Crippen LogP contribution in [0, 0.1) is 0 Å². The number of nitrogens with one attached hydrogen (secondary N) is 3. The minimum atomic E-state index is -1.02. The molecule has 1 heterocycles. The summed E-state index contributed by atoms with van der Waals surface area (Å²) < 4.78 is 9.81. The Balaban J connectivity index is 1.71. The van der Waals surface area contributed by atoms with Crippen LogP contribution in [0.2, 0.25) is 5.02 Å². The molecule has 0 radical (unpaired) electrons. The van der Waals surface area contributed by atoms with Gasteiger partial charge in [0.1, 0.15) is 11.8 Å². The van der Waals surface area contributed by atoms with Gasteiger partial charge < -0.3 is 19.8 Å². The average Bonchev–Trinajstić information content (AvgIpc) is 3.18. The molecule has 9 nitrogen and oxygen atoms in total. The topological polar surface area (TPSA) is 127 Å². The second-order valence-electron chi connectivity index (χ2n) is 5.59. The molecule has 0 spiro atoms. The first-order valence-electron chi connectivity index (χ1n) is 8.19. The molecule has 0 aliphatic carbocycles. The monoisotopic (exact) mass is 407 g/mol.